The fourth-order valence-corrected chi connectivity index (χ4v) is 3.42. The summed E-state index contributed by atoms with van der Waals surface area (Å²) < 4.78 is 38.9. The van der Waals surface area contributed by atoms with Crippen molar-refractivity contribution in [3.05, 3.63) is 60.4 Å². The summed E-state index contributed by atoms with van der Waals surface area (Å²) in [5.74, 6) is -0.742. The molecule has 0 fully saturated rings. The van der Waals surface area contributed by atoms with Crippen LogP contribution in [-0.4, -0.2) is 34.2 Å². The molecule has 0 aliphatic rings. The van der Waals surface area contributed by atoms with Gasteiger partial charge in [-0.2, -0.15) is 0 Å². The van der Waals surface area contributed by atoms with Crippen LogP contribution in [0.3, 0.4) is 0 Å². The van der Waals surface area contributed by atoms with Crippen molar-refractivity contribution in [3.8, 4) is 0 Å². The van der Waals surface area contributed by atoms with Gasteiger partial charge in [-0.15, -0.1) is 0 Å². The highest BCUT2D eigenvalue weighted by Gasteiger charge is 2.21. The van der Waals surface area contributed by atoms with E-state index < -0.39 is 15.8 Å². The number of para-hydroxylation sites is 2. The maximum Gasteiger partial charge on any atom is 0.232 e. The predicted molar refractivity (Wildman–Crippen MR) is 97.7 cm³/mol. The van der Waals surface area contributed by atoms with Crippen molar-refractivity contribution in [2.75, 3.05) is 29.1 Å². The second kappa shape index (κ2) is 8.11. The number of rotatable bonds is 7. The second-order valence-electron chi connectivity index (χ2n) is 5.68. The number of anilines is 2. The Kier molecular flexibility index (Phi) is 6.14. The summed E-state index contributed by atoms with van der Waals surface area (Å²) in [6.45, 7) is 0.0358. The van der Waals surface area contributed by atoms with Crippen molar-refractivity contribution in [2.45, 2.75) is 12.8 Å². The van der Waals surface area contributed by atoms with Crippen LogP contribution < -0.4 is 9.21 Å². The molecule has 0 heterocycles. The van der Waals surface area contributed by atoms with Gasteiger partial charge in [-0.1, -0.05) is 30.3 Å². The first-order chi connectivity index (χ1) is 11.8. The summed E-state index contributed by atoms with van der Waals surface area (Å²) in [7, 11) is -1.97. The molecule has 0 spiro atoms. The summed E-state index contributed by atoms with van der Waals surface area (Å²) >= 11 is 0. The zero-order valence-corrected chi connectivity index (χ0v) is 15.0. The second-order valence-corrected chi connectivity index (χ2v) is 7.59. The minimum Gasteiger partial charge on any atom is -0.316 e. The van der Waals surface area contributed by atoms with Crippen LogP contribution >= 0.6 is 0 Å². The molecule has 0 aliphatic heterocycles. The van der Waals surface area contributed by atoms with Crippen LogP contribution in [0, 0.1) is 5.82 Å². The van der Waals surface area contributed by atoms with Crippen molar-refractivity contribution in [3.63, 3.8) is 0 Å². The number of amides is 1. The maximum atomic E-state index is 13.9. The zero-order chi connectivity index (χ0) is 18.4. The molecule has 0 saturated carbocycles. The zero-order valence-electron chi connectivity index (χ0n) is 14.2. The summed E-state index contributed by atoms with van der Waals surface area (Å²) in [6.07, 6.45) is 1.47. The van der Waals surface area contributed by atoms with Gasteiger partial charge < -0.3 is 4.90 Å². The van der Waals surface area contributed by atoms with E-state index in [1.807, 2.05) is 30.3 Å². The Balaban J connectivity index is 2.02. The van der Waals surface area contributed by atoms with E-state index in [0.717, 1.165) is 16.2 Å². The number of hydrogen-bond donors (Lipinski definition) is 0. The van der Waals surface area contributed by atoms with Crippen molar-refractivity contribution in [1.29, 1.82) is 0 Å². The first-order valence-corrected chi connectivity index (χ1v) is 9.69. The lowest BCUT2D eigenvalue weighted by molar-refractivity contribution is -0.118. The number of carbonyl (C=O) groups is 1. The molecule has 0 unspecified atom stereocenters. The van der Waals surface area contributed by atoms with E-state index in [2.05, 4.69) is 0 Å². The number of nitrogens with zero attached hydrogens (tertiary/aromatic N) is 2. The standard InChI is InChI=1S/C18H21FN2O3S/c1-20(15-9-4-3-5-10-15)18(22)13-8-14-21(25(2,23)24)17-12-7-6-11-16(17)19/h3-7,9-12H,8,13-14H2,1-2H3. The molecule has 2 rings (SSSR count). The van der Waals surface area contributed by atoms with E-state index in [4.69, 9.17) is 0 Å². The monoisotopic (exact) mass is 364 g/mol. The first kappa shape index (κ1) is 18.9. The molecule has 0 atom stereocenters. The third-order valence-electron chi connectivity index (χ3n) is 3.79. The van der Waals surface area contributed by atoms with Crippen LogP contribution in [-0.2, 0) is 14.8 Å². The Hall–Kier alpha value is -2.41. The summed E-state index contributed by atoms with van der Waals surface area (Å²) in [6, 6.07) is 14.9. The SMILES string of the molecule is CN(C(=O)CCCN(c1ccccc1F)S(C)(=O)=O)c1ccccc1. The molecule has 2 aromatic carbocycles. The van der Waals surface area contributed by atoms with E-state index in [9.17, 15) is 17.6 Å². The normalized spacial score (nSPS) is 11.2. The quantitative estimate of drug-likeness (QED) is 0.759. The molecular weight excluding hydrogens is 343 g/mol. The fraction of sp³-hybridized carbons (Fsp3) is 0.278. The molecule has 0 aromatic heterocycles. The van der Waals surface area contributed by atoms with Gasteiger partial charge in [-0.05, 0) is 30.7 Å². The third kappa shape index (κ3) is 5.03. The van der Waals surface area contributed by atoms with Crippen LogP contribution in [0.1, 0.15) is 12.8 Å². The molecule has 25 heavy (non-hydrogen) atoms. The van der Waals surface area contributed by atoms with E-state index in [1.54, 1.807) is 13.1 Å². The molecule has 1 amide bonds. The molecule has 7 heteroatoms. The van der Waals surface area contributed by atoms with Gasteiger partial charge >= 0.3 is 0 Å². The van der Waals surface area contributed by atoms with E-state index in [-0.39, 0.29) is 31.0 Å². The Morgan fingerprint density at radius 2 is 1.64 bits per heavy atom. The first-order valence-electron chi connectivity index (χ1n) is 7.84. The summed E-state index contributed by atoms with van der Waals surface area (Å²) in [4.78, 5) is 13.8. The maximum absolute atomic E-state index is 13.9. The van der Waals surface area contributed by atoms with Gasteiger partial charge in [0.25, 0.3) is 0 Å². The van der Waals surface area contributed by atoms with Crippen molar-refractivity contribution in [2.24, 2.45) is 0 Å². The molecule has 5 nitrogen and oxygen atoms in total. The number of carbonyl (C=O) groups excluding carboxylic acids is 1. The third-order valence-corrected chi connectivity index (χ3v) is 4.97. The Morgan fingerprint density at radius 3 is 2.24 bits per heavy atom. The molecule has 0 bridgehead atoms. The van der Waals surface area contributed by atoms with Crippen LogP contribution in [0.25, 0.3) is 0 Å². The van der Waals surface area contributed by atoms with Gasteiger partial charge in [0.15, 0.2) is 0 Å². The van der Waals surface area contributed by atoms with Crippen LogP contribution in [0.4, 0.5) is 15.8 Å². The molecular formula is C18H21FN2O3S. The Labute approximate surface area is 147 Å². The molecule has 0 N–H and O–H groups in total. The average molecular weight is 364 g/mol. The minimum atomic E-state index is -3.64. The van der Waals surface area contributed by atoms with Crippen molar-refractivity contribution in [1.82, 2.24) is 0 Å². The van der Waals surface area contributed by atoms with Gasteiger partial charge in [0.05, 0.1) is 11.9 Å². The van der Waals surface area contributed by atoms with E-state index >= 15 is 0 Å². The topological polar surface area (TPSA) is 57.7 Å². The van der Waals surface area contributed by atoms with Crippen LogP contribution in [0.2, 0.25) is 0 Å². The molecule has 134 valence electrons. The van der Waals surface area contributed by atoms with Gasteiger partial charge in [0.1, 0.15) is 5.82 Å². The molecule has 2 aromatic rings. The molecule has 0 radical (unpaired) electrons. The molecule has 0 saturated heterocycles. The van der Waals surface area contributed by atoms with Gasteiger partial charge in [-0.3, -0.25) is 9.10 Å². The summed E-state index contributed by atoms with van der Waals surface area (Å²) in [5, 5.41) is 0. The number of sulfonamides is 1. The minimum absolute atomic E-state index is 0.00568. The number of hydrogen-bond acceptors (Lipinski definition) is 3. The van der Waals surface area contributed by atoms with E-state index in [0.29, 0.717) is 0 Å². The summed E-state index contributed by atoms with van der Waals surface area (Å²) in [5.41, 5.74) is 0.760. The molecule has 0 aliphatic carbocycles. The Bertz CT molecular complexity index is 825. The van der Waals surface area contributed by atoms with Crippen molar-refractivity contribution >= 4 is 27.3 Å². The predicted octanol–water partition coefficient (Wildman–Crippen LogP) is 3.03. The fourth-order valence-electron chi connectivity index (χ4n) is 2.46. The number of halogens is 1. The smallest absolute Gasteiger partial charge is 0.232 e. The van der Waals surface area contributed by atoms with Gasteiger partial charge in [0.2, 0.25) is 15.9 Å². The number of benzene rings is 2. The van der Waals surface area contributed by atoms with Gasteiger partial charge in [0, 0.05) is 25.7 Å². The van der Waals surface area contributed by atoms with E-state index in [1.165, 1.54) is 23.1 Å². The average Bonchev–Trinajstić information content (AvgIpc) is 2.58. The van der Waals surface area contributed by atoms with Gasteiger partial charge in [-0.25, -0.2) is 12.8 Å². The lowest BCUT2D eigenvalue weighted by Crippen LogP contribution is -2.33. The lowest BCUT2D eigenvalue weighted by atomic mass is 10.2. The Morgan fingerprint density at radius 1 is 1.04 bits per heavy atom. The lowest BCUT2D eigenvalue weighted by Gasteiger charge is -2.23. The van der Waals surface area contributed by atoms with Crippen LogP contribution in [0.15, 0.2) is 54.6 Å². The highest BCUT2D eigenvalue weighted by Crippen LogP contribution is 2.22. The van der Waals surface area contributed by atoms with Crippen molar-refractivity contribution < 1.29 is 17.6 Å². The highest BCUT2D eigenvalue weighted by molar-refractivity contribution is 7.92. The van der Waals surface area contributed by atoms with Crippen LogP contribution in [0.5, 0.6) is 0 Å². The highest BCUT2D eigenvalue weighted by atomic mass is 32.2. The largest absolute Gasteiger partial charge is 0.316 e.